The SMILES string of the molecule is CCC(/C=N\NC(=S)Nc1ccc(OC)c(OC)c1)CC. The molecule has 0 saturated carbocycles. The molecule has 0 aromatic heterocycles. The Balaban J connectivity index is 2.59. The Bertz CT molecular complexity index is 488. The number of rotatable bonds is 7. The van der Waals surface area contributed by atoms with Crippen LogP contribution < -0.4 is 20.2 Å². The average molecular weight is 309 g/mol. The standard InChI is InChI=1S/C15H23N3O2S/c1-5-11(6-2)10-16-18-15(21)17-12-7-8-13(19-3)14(9-12)20-4/h7-11H,5-6H2,1-4H3,(H2,17,18,21)/b16-10-. The van der Waals surface area contributed by atoms with E-state index >= 15 is 0 Å². The van der Waals surface area contributed by atoms with Gasteiger partial charge in [0.1, 0.15) is 0 Å². The first-order chi connectivity index (χ1) is 10.1. The van der Waals surface area contributed by atoms with Gasteiger partial charge in [0.2, 0.25) is 0 Å². The van der Waals surface area contributed by atoms with Crippen molar-refractivity contribution in [3.8, 4) is 11.5 Å². The summed E-state index contributed by atoms with van der Waals surface area (Å²) in [5.74, 6) is 1.79. The van der Waals surface area contributed by atoms with E-state index < -0.39 is 0 Å². The molecule has 5 nitrogen and oxygen atoms in total. The summed E-state index contributed by atoms with van der Waals surface area (Å²) in [4.78, 5) is 0. The molecule has 0 aliphatic rings. The lowest BCUT2D eigenvalue weighted by molar-refractivity contribution is 0.355. The lowest BCUT2D eigenvalue weighted by Gasteiger charge is -2.11. The van der Waals surface area contributed by atoms with Crippen molar-refractivity contribution in [1.29, 1.82) is 0 Å². The van der Waals surface area contributed by atoms with Crippen LogP contribution in [0.4, 0.5) is 5.69 Å². The van der Waals surface area contributed by atoms with Crippen LogP contribution in [-0.2, 0) is 0 Å². The molecule has 1 aromatic carbocycles. The largest absolute Gasteiger partial charge is 0.493 e. The van der Waals surface area contributed by atoms with Gasteiger partial charge in [0.05, 0.1) is 14.2 Å². The van der Waals surface area contributed by atoms with Gasteiger partial charge in [-0.1, -0.05) is 13.8 Å². The van der Waals surface area contributed by atoms with Gasteiger partial charge in [0.15, 0.2) is 16.6 Å². The van der Waals surface area contributed by atoms with E-state index in [0.717, 1.165) is 18.5 Å². The highest BCUT2D eigenvalue weighted by atomic mass is 32.1. The Morgan fingerprint density at radius 2 is 1.90 bits per heavy atom. The van der Waals surface area contributed by atoms with Gasteiger partial charge in [0.25, 0.3) is 0 Å². The van der Waals surface area contributed by atoms with Crippen molar-refractivity contribution in [1.82, 2.24) is 5.43 Å². The molecule has 6 heteroatoms. The third kappa shape index (κ3) is 5.59. The topological polar surface area (TPSA) is 54.9 Å². The van der Waals surface area contributed by atoms with E-state index in [1.54, 1.807) is 14.2 Å². The summed E-state index contributed by atoms with van der Waals surface area (Å²) < 4.78 is 10.4. The molecular weight excluding hydrogens is 286 g/mol. The molecular formula is C15H23N3O2S. The fourth-order valence-electron chi connectivity index (χ4n) is 1.77. The minimum absolute atomic E-state index is 0.435. The van der Waals surface area contributed by atoms with Crippen molar-refractivity contribution in [3.05, 3.63) is 18.2 Å². The summed E-state index contributed by atoms with van der Waals surface area (Å²) in [6, 6.07) is 5.49. The molecule has 0 aliphatic carbocycles. The first-order valence-electron chi connectivity index (χ1n) is 6.96. The minimum Gasteiger partial charge on any atom is -0.493 e. The van der Waals surface area contributed by atoms with Crippen LogP contribution in [0.5, 0.6) is 11.5 Å². The Morgan fingerprint density at radius 3 is 2.48 bits per heavy atom. The zero-order valence-corrected chi connectivity index (χ0v) is 13.8. The van der Waals surface area contributed by atoms with E-state index in [2.05, 4.69) is 29.7 Å². The number of thiocarbonyl (C=S) groups is 1. The predicted molar refractivity (Wildman–Crippen MR) is 91.5 cm³/mol. The Hall–Kier alpha value is -1.82. The number of nitrogens with one attached hydrogen (secondary N) is 2. The van der Waals surface area contributed by atoms with Gasteiger partial charge < -0.3 is 14.8 Å². The summed E-state index contributed by atoms with van der Waals surface area (Å²) in [6.45, 7) is 4.28. The van der Waals surface area contributed by atoms with Gasteiger partial charge in [-0.15, -0.1) is 0 Å². The Kier molecular flexibility index (Phi) is 7.53. The van der Waals surface area contributed by atoms with E-state index in [0.29, 0.717) is 22.5 Å². The summed E-state index contributed by atoms with van der Waals surface area (Å²) in [7, 11) is 3.20. The molecule has 0 fully saturated rings. The van der Waals surface area contributed by atoms with Gasteiger partial charge in [-0.2, -0.15) is 5.10 Å². The van der Waals surface area contributed by atoms with Crippen LogP contribution >= 0.6 is 12.2 Å². The number of methoxy groups -OCH3 is 2. The third-order valence-corrected chi connectivity index (χ3v) is 3.33. The van der Waals surface area contributed by atoms with Gasteiger partial charge in [-0.05, 0) is 43.1 Å². The molecule has 0 atom stereocenters. The second-order valence-electron chi connectivity index (χ2n) is 4.49. The second-order valence-corrected chi connectivity index (χ2v) is 4.90. The van der Waals surface area contributed by atoms with E-state index in [1.807, 2.05) is 24.4 Å². The summed E-state index contributed by atoms with van der Waals surface area (Å²) in [5, 5.41) is 7.63. The number of benzene rings is 1. The normalized spacial score (nSPS) is 10.7. The molecule has 0 aliphatic heterocycles. The lowest BCUT2D eigenvalue weighted by Crippen LogP contribution is -2.24. The van der Waals surface area contributed by atoms with E-state index in [4.69, 9.17) is 21.7 Å². The smallest absolute Gasteiger partial charge is 0.191 e. The van der Waals surface area contributed by atoms with Crippen LogP contribution in [-0.4, -0.2) is 25.5 Å². The molecule has 0 unspecified atom stereocenters. The number of nitrogens with zero attached hydrogens (tertiary/aromatic N) is 1. The summed E-state index contributed by atoms with van der Waals surface area (Å²) in [6.07, 6.45) is 4.03. The molecule has 1 aromatic rings. The molecule has 1 rings (SSSR count). The van der Waals surface area contributed by atoms with Gasteiger partial charge in [0, 0.05) is 18.0 Å². The minimum atomic E-state index is 0.435. The highest BCUT2D eigenvalue weighted by Crippen LogP contribution is 2.29. The first-order valence-corrected chi connectivity index (χ1v) is 7.37. The van der Waals surface area contributed by atoms with Crippen LogP contribution in [0, 0.1) is 5.92 Å². The molecule has 0 bridgehead atoms. The number of hydrogen-bond acceptors (Lipinski definition) is 4. The Labute approximate surface area is 131 Å². The highest BCUT2D eigenvalue weighted by Gasteiger charge is 2.05. The van der Waals surface area contributed by atoms with Crippen LogP contribution in [0.1, 0.15) is 26.7 Å². The van der Waals surface area contributed by atoms with E-state index in [-0.39, 0.29) is 0 Å². The fourth-order valence-corrected chi connectivity index (χ4v) is 1.94. The molecule has 0 saturated heterocycles. The van der Waals surface area contributed by atoms with E-state index in [9.17, 15) is 0 Å². The maximum atomic E-state index is 5.24. The highest BCUT2D eigenvalue weighted by molar-refractivity contribution is 7.80. The fraction of sp³-hybridized carbons (Fsp3) is 0.467. The zero-order valence-electron chi connectivity index (χ0n) is 13.0. The lowest BCUT2D eigenvalue weighted by atomic mass is 10.1. The van der Waals surface area contributed by atoms with Gasteiger partial charge in [-0.25, -0.2) is 0 Å². The summed E-state index contributed by atoms with van der Waals surface area (Å²) in [5.41, 5.74) is 3.62. The first kappa shape index (κ1) is 17.2. The maximum Gasteiger partial charge on any atom is 0.191 e. The Morgan fingerprint density at radius 1 is 1.24 bits per heavy atom. The van der Waals surface area contributed by atoms with Crippen molar-refractivity contribution < 1.29 is 9.47 Å². The van der Waals surface area contributed by atoms with Crippen molar-refractivity contribution >= 4 is 29.2 Å². The van der Waals surface area contributed by atoms with Crippen LogP contribution in [0.3, 0.4) is 0 Å². The van der Waals surface area contributed by atoms with Gasteiger partial charge in [-0.3, -0.25) is 5.43 Å². The molecule has 2 N–H and O–H groups in total. The van der Waals surface area contributed by atoms with E-state index in [1.165, 1.54) is 0 Å². The van der Waals surface area contributed by atoms with Crippen molar-refractivity contribution in [2.75, 3.05) is 19.5 Å². The van der Waals surface area contributed by atoms with Gasteiger partial charge >= 0.3 is 0 Å². The van der Waals surface area contributed by atoms with Crippen molar-refractivity contribution in [3.63, 3.8) is 0 Å². The zero-order chi connectivity index (χ0) is 15.7. The monoisotopic (exact) mass is 309 g/mol. The molecule has 0 heterocycles. The quantitative estimate of drug-likeness (QED) is 0.459. The number of ether oxygens (including phenoxy) is 2. The van der Waals surface area contributed by atoms with Crippen molar-refractivity contribution in [2.24, 2.45) is 11.0 Å². The molecule has 21 heavy (non-hydrogen) atoms. The summed E-state index contributed by atoms with van der Waals surface area (Å²) >= 11 is 5.19. The predicted octanol–water partition coefficient (Wildman–Crippen LogP) is 3.41. The number of hydrogen-bond donors (Lipinski definition) is 2. The number of anilines is 1. The third-order valence-electron chi connectivity index (χ3n) is 3.14. The van der Waals surface area contributed by atoms with Crippen LogP contribution in [0.15, 0.2) is 23.3 Å². The molecule has 0 amide bonds. The van der Waals surface area contributed by atoms with Crippen LogP contribution in [0.2, 0.25) is 0 Å². The maximum absolute atomic E-state index is 5.24. The second kappa shape index (κ2) is 9.18. The number of hydrazone groups is 1. The molecule has 0 spiro atoms. The molecule has 0 radical (unpaired) electrons. The molecule has 116 valence electrons. The average Bonchev–Trinajstić information content (AvgIpc) is 2.51. The van der Waals surface area contributed by atoms with Crippen molar-refractivity contribution in [2.45, 2.75) is 26.7 Å². The van der Waals surface area contributed by atoms with Crippen LogP contribution in [0.25, 0.3) is 0 Å².